The van der Waals surface area contributed by atoms with E-state index in [0.717, 1.165) is 4.90 Å². The zero-order valence-electron chi connectivity index (χ0n) is 9.95. The van der Waals surface area contributed by atoms with Crippen molar-refractivity contribution in [3.63, 3.8) is 0 Å². The van der Waals surface area contributed by atoms with Crippen LogP contribution in [-0.2, 0) is 14.4 Å². The number of halogens is 1. The number of aliphatic carboxylic acids is 1. The minimum atomic E-state index is -2.65. The number of hydroxylamine groups is 2. The van der Waals surface area contributed by atoms with E-state index in [1.807, 2.05) is 0 Å². The molecule has 0 aliphatic carbocycles. The number of hydrogen-bond acceptors (Lipinski definition) is 4. The molecular formula is C10H12FN3O5. The third-order valence-corrected chi connectivity index (χ3v) is 3.06. The summed E-state index contributed by atoms with van der Waals surface area (Å²) >= 11 is 0. The number of urea groups is 1. The smallest absolute Gasteiger partial charge is 0.368 e. The van der Waals surface area contributed by atoms with Gasteiger partial charge in [0.2, 0.25) is 5.91 Å². The quantitative estimate of drug-likeness (QED) is 0.652. The number of carboxylic acids is 1. The number of hydrogen-bond donors (Lipinski definition) is 2. The molecule has 0 radical (unpaired) electrons. The van der Waals surface area contributed by atoms with Gasteiger partial charge in [0, 0.05) is 0 Å². The molecule has 2 rings (SSSR count). The van der Waals surface area contributed by atoms with Crippen molar-refractivity contribution in [1.29, 1.82) is 0 Å². The van der Waals surface area contributed by atoms with Gasteiger partial charge in [-0.3, -0.25) is 4.79 Å². The first-order chi connectivity index (χ1) is 8.82. The lowest BCUT2D eigenvalue weighted by Gasteiger charge is -2.26. The lowest BCUT2D eigenvalue weighted by molar-refractivity contribution is -0.220. The zero-order valence-corrected chi connectivity index (χ0v) is 9.95. The molecule has 0 aromatic heterocycles. The highest BCUT2D eigenvalue weighted by Crippen LogP contribution is 2.30. The molecule has 2 heterocycles. The molecule has 104 valence electrons. The minimum absolute atomic E-state index is 0.0983. The molecule has 0 aromatic rings. The summed E-state index contributed by atoms with van der Waals surface area (Å²) in [6, 6.07) is -2.34. The molecule has 0 aromatic carbocycles. The van der Waals surface area contributed by atoms with Crippen LogP contribution >= 0.6 is 0 Å². The van der Waals surface area contributed by atoms with Crippen LogP contribution in [0.25, 0.3) is 0 Å². The van der Waals surface area contributed by atoms with Crippen LogP contribution in [0.3, 0.4) is 0 Å². The van der Waals surface area contributed by atoms with Crippen LogP contribution in [0, 0.1) is 0 Å². The van der Waals surface area contributed by atoms with E-state index in [1.54, 1.807) is 6.92 Å². The SMILES string of the molecule is CC1=C[C@H](C(N)=O)N2C[C@@H]1N(O[C@H](F)C(=O)O)C2=O. The second kappa shape index (κ2) is 4.50. The average molecular weight is 273 g/mol. The van der Waals surface area contributed by atoms with Crippen molar-refractivity contribution in [2.24, 2.45) is 5.73 Å². The van der Waals surface area contributed by atoms with Crippen LogP contribution in [0.2, 0.25) is 0 Å². The second-order valence-electron chi connectivity index (χ2n) is 4.29. The zero-order chi connectivity index (χ0) is 14.3. The maximum atomic E-state index is 13.0. The van der Waals surface area contributed by atoms with Crippen LogP contribution in [0.4, 0.5) is 9.18 Å². The lowest BCUT2D eigenvalue weighted by Crippen LogP contribution is -2.46. The van der Waals surface area contributed by atoms with E-state index < -0.39 is 36.3 Å². The average Bonchev–Trinajstić information content (AvgIpc) is 2.60. The van der Waals surface area contributed by atoms with Gasteiger partial charge >= 0.3 is 18.4 Å². The summed E-state index contributed by atoms with van der Waals surface area (Å²) in [6.07, 6.45) is -1.17. The lowest BCUT2D eigenvalue weighted by atomic mass is 10.0. The molecule has 8 nitrogen and oxygen atoms in total. The summed E-state index contributed by atoms with van der Waals surface area (Å²) in [7, 11) is 0. The molecule has 0 saturated carbocycles. The van der Waals surface area contributed by atoms with E-state index in [0.29, 0.717) is 10.6 Å². The summed E-state index contributed by atoms with van der Waals surface area (Å²) in [4.78, 5) is 39.1. The standard InChI is InChI=1S/C10H12FN3O5/c1-4-2-5(8(12)15)13-3-6(4)14(10(13)18)19-7(11)9(16)17/h2,5-7H,3H2,1H3,(H2,12,15)(H,16,17)/t5-,6+,7+/m1/s1. The number of carboxylic acid groups (broad SMARTS) is 1. The van der Waals surface area contributed by atoms with Gasteiger partial charge < -0.3 is 15.7 Å². The fourth-order valence-corrected chi connectivity index (χ4v) is 2.11. The maximum absolute atomic E-state index is 13.0. The molecule has 0 spiro atoms. The number of rotatable bonds is 4. The Morgan fingerprint density at radius 3 is 2.79 bits per heavy atom. The van der Waals surface area contributed by atoms with E-state index in [4.69, 9.17) is 10.8 Å². The molecule has 9 heteroatoms. The van der Waals surface area contributed by atoms with E-state index >= 15 is 0 Å². The number of primary amides is 1. The van der Waals surface area contributed by atoms with Gasteiger partial charge in [0.1, 0.15) is 12.1 Å². The topological polar surface area (TPSA) is 113 Å². The Balaban J connectivity index is 2.23. The highest BCUT2D eigenvalue weighted by atomic mass is 19.1. The molecule has 1 fully saturated rings. The molecule has 1 saturated heterocycles. The molecule has 19 heavy (non-hydrogen) atoms. The Hall–Kier alpha value is -2.16. The fraction of sp³-hybridized carbons (Fsp3) is 0.500. The van der Waals surface area contributed by atoms with Gasteiger partial charge in [0.05, 0.1) is 6.54 Å². The summed E-state index contributed by atoms with van der Waals surface area (Å²) in [5, 5.41) is 9.07. The molecule has 2 bridgehead atoms. The van der Waals surface area contributed by atoms with E-state index in [-0.39, 0.29) is 6.54 Å². The fourth-order valence-electron chi connectivity index (χ4n) is 2.11. The number of nitrogens with two attached hydrogens (primary N) is 1. The molecule has 3 amide bonds. The van der Waals surface area contributed by atoms with Crippen molar-refractivity contribution in [1.82, 2.24) is 9.96 Å². The van der Waals surface area contributed by atoms with Gasteiger partial charge in [0.15, 0.2) is 0 Å². The Morgan fingerprint density at radius 1 is 1.63 bits per heavy atom. The van der Waals surface area contributed by atoms with Crippen LogP contribution in [0.1, 0.15) is 6.92 Å². The van der Waals surface area contributed by atoms with Crippen molar-refractivity contribution < 1.29 is 28.7 Å². The van der Waals surface area contributed by atoms with Gasteiger partial charge in [-0.15, -0.1) is 0 Å². The number of fused-ring (bicyclic) bond motifs is 2. The molecule has 3 atom stereocenters. The predicted molar refractivity (Wildman–Crippen MR) is 58.1 cm³/mol. The molecular weight excluding hydrogens is 261 g/mol. The van der Waals surface area contributed by atoms with Gasteiger partial charge in [-0.05, 0) is 12.5 Å². The molecule has 2 aliphatic heterocycles. The van der Waals surface area contributed by atoms with Crippen LogP contribution in [-0.4, -0.2) is 58.0 Å². The van der Waals surface area contributed by atoms with Crippen LogP contribution < -0.4 is 5.73 Å². The number of amides is 3. The highest BCUT2D eigenvalue weighted by Gasteiger charge is 2.48. The summed E-state index contributed by atoms with van der Waals surface area (Å²) in [5.41, 5.74) is 5.75. The first-order valence-corrected chi connectivity index (χ1v) is 5.44. The van der Waals surface area contributed by atoms with Crippen molar-refractivity contribution in [2.75, 3.05) is 6.54 Å². The van der Waals surface area contributed by atoms with Gasteiger partial charge in [-0.1, -0.05) is 6.08 Å². The normalized spacial score (nSPS) is 27.3. The van der Waals surface area contributed by atoms with Gasteiger partial charge in [0.25, 0.3) is 0 Å². The van der Waals surface area contributed by atoms with Gasteiger partial charge in [-0.25, -0.2) is 18.8 Å². The molecule has 2 aliphatic rings. The van der Waals surface area contributed by atoms with Crippen molar-refractivity contribution in [2.45, 2.75) is 25.4 Å². The first-order valence-electron chi connectivity index (χ1n) is 5.44. The van der Waals surface area contributed by atoms with E-state index in [2.05, 4.69) is 4.84 Å². The van der Waals surface area contributed by atoms with Gasteiger partial charge in [-0.2, -0.15) is 5.06 Å². The third-order valence-electron chi connectivity index (χ3n) is 3.06. The van der Waals surface area contributed by atoms with Crippen molar-refractivity contribution in [3.8, 4) is 0 Å². The molecule has 3 N–H and O–H groups in total. The first kappa shape index (κ1) is 13.3. The number of carbonyl (C=O) groups is 3. The van der Waals surface area contributed by atoms with Crippen molar-refractivity contribution >= 4 is 17.9 Å². The number of carbonyl (C=O) groups excluding carboxylic acids is 2. The second-order valence-corrected chi connectivity index (χ2v) is 4.29. The minimum Gasteiger partial charge on any atom is -0.477 e. The molecule has 0 unspecified atom stereocenters. The van der Waals surface area contributed by atoms with Crippen molar-refractivity contribution in [3.05, 3.63) is 11.6 Å². The Bertz CT molecular complexity index is 480. The summed E-state index contributed by atoms with van der Waals surface area (Å²) < 4.78 is 13.0. The Labute approximate surface area is 107 Å². The largest absolute Gasteiger partial charge is 0.477 e. The summed E-state index contributed by atoms with van der Waals surface area (Å²) in [6.45, 7) is 1.72. The third kappa shape index (κ3) is 2.12. The Morgan fingerprint density at radius 2 is 2.26 bits per heavy atom. The monoisotopic (exact) mass is 273 g/mol. The maximum Gasteiger partial charge on any atom is 0.368 e. The summed E-state index contributed by atoms with van der Waals surface area (Å²) in [5.74, 6) is -2.56. The van der Waals surface area contributed by atoms with Crippen LogP contribution in [0.15, 0.2) is 11.6 Å². The van der Waals surface area contributed by atoms with Crippen LogP contribution in [0.5, 0.6) is 0 Å². The number of nitrogens with zero attached hydrogens (tertiary/aromatic N) is 2. The highest BCUT2D eigenvalue weighted by molar-refractivity contribution is 5.90. The Kier molecular flexibility index (Phi) is 3.14. The van der Waals surface area contributed by atoms with E-state index in [1.165, 1.54) is 6.08 Å². The number of alkyl halides is 1. The van der Waals surface area contributed by atoms with E-state index in [9.17, 15) is 18.8 Å². The predicted octanol–water partition coefficient (Wildman–Crippen LogP) is -0.782.